The number of rotatable bonds is 5. The van der Waals surface area contributed by atoms with Gasteiger partial charge < -0.3 is 9.84 Å². The lowest BCUT2D eigenvalue weighted by Crippen LogP contribution is -2.29. The van der Waals surface area contributed by atoms with E-state index in [0.29, 0.717) is 22.2 Å². The lowest BCUT2D eigenvalue weighted by molar-refractivity contribution is -0.141. The number of thioether (sulfide) groups is 1. The van der Waals surface area contributed by atoms with Crippen LogP contribution in [0.15, 0.2) is 29.2 Å². The minimum atomic E-state index is -0.305. The second kappa shape index (κ2) is 7.42. The lowest BCUT2D eigenvalue weighted by atomic mass is 10.2. The van der Waals surface area contributed by atoms with E-state index in [1.165, 1.54) is 23.8 Å². The van der Waals surface area contributed by atoms with Crippen molar-refractivity contribution in [2.45, 2.75) is 12.8 Å². The van der Waals surface area contributed by atoms with E-state index in [4.69, 9.17) is 12.2 Å². The number of aromatic hydroxyl groups is 1. The van der Waals surface area contributed by atoms with Crippen molar-refractivity contribution < 1.29 is 19.4 Å². The highest BCUT2D eigenvalue weighted by molar-refractivity contribution is 8.26. The number of ether oxygens (including phenoxy) is 1. The number of esters is 1. The number of hydrogen-bond acceptors (Lipinski definition) is 6. The van der Waals surface area contributed by atoms with E-state index in [1.54, 1.807) is 30.3 Å². The molecule has 1 aliphatic rings. The summed E-state index contributed by atoms with van der Waals surface area (Å²) < 4.78 is 5.04. The molecular weight excluding hydrogens is 322 g/mol. The summed E-state index contributed by atoms with van der Waals surface area (Å²) in [6, 6.07) is 6.64. The molecule has 1 amide bonds. The minimum Gasteiger partial charge on any atom is -0.508 e. The standard InChI is InChI=1S/C15H15NO4S2/c1-20-13(18)6-3-7-16-14(19)12(22-15(16)21)9-10-4-2-5-11(17)8-10/h2,4-5,8-9,17H,3,6-7H2,1H3/b12-9-. The summed E-state index contributed by atoms with van der Waals surface area (Å²) >= 11 is 6.42. The van der Waals surface area contributed by atoms with Crippen molar-refractivity contribution in [2.24, 2.45) is 0 Å². The first-order chi connectivity index (χ1) is 10.5. The first kappa shape index (κ1) is 16.5. The summed E-state index contributed by atoms with van der Waals surface area (Å²) in [7, 11) is 1.33. The van der Waals surface area contributed by atoms with Gasteiger partial charge in [0.25, 0.3) is 5.91 Å². The maximum atomic E-state index is 12.3. The van der Waals surface area contributed by atoms with Crippen LogP contribution in [-0.4, -0.2) is 39.9 Å². The van der Waals surface area contributed by atoms with Gasteiger partial charge in [-0.25, -0.2) is 0 Å². The normalized spacial score (nSPS) is 16.4. The highest BCUT2D eigenvalue weighted by Gasteiger charge is 2.31. The van der Waals surface area contributed by atoms with Crippen LogP contribution in [-0.2, 0) is 14.3 Å². The monoisotopic (exact) mass is 337 g/mol. The summed E-state index contributed by atoms with van der Waals surface area (Å²) in [6.45, 7) is 0.386. The molecule has 116 valence electrons. The summed E-state index contributed by atoms with van der Waals surface area (Å²) in [5.41, 5.74) is 0.732. The molecule has 5 nitrogen and oxygen atoms in total. The summed E-state index contributed by atoms with van der Waals surface area (Å²) in [6.07, 6.45) is 2.44. The van der Waals surface area contributed by atoms with E-state index < -0.39 is 0 Å². The fourth-order valence-electron chi connectivity index (χ4n) is 1.94. The SMILES string of the molecule is COC(=O)CCCN1C(=O)/C(=C/c2cccc(O)c2)SC1=S. The van der Waals surface area contributed by atoms with Crippen LogP contribution in [0.2, 0.25) is 0 Å². The van der Waals surface area contributed by atoms with Gasteiger partial charge in [0, 0.05) is 13.0 Å². The van der Waals surface area contributed by atoms with Crippen molar-refractivity contribution in [1.29, 1.82) is 0 Å². The summed E-state index contributed by atoms with van der Waals surface area (Å²) in [5, 5.41) is 9.45. The maximum Gasteiger partial charge on any atom is 0.305 e. The van der Waals surface area contributed by atoms with Crippen LogP contribution in [0, 0.1) is 0 Å². The maximum absolute atomic E-state index is 12.3. The van der Waals surface area contributed by atoms with Crippen LogP contribution >= 0.6 is 24.0 Å². The number of nitrogens with zero attached hydrogens (tertiary/aromatic N) is 1. The Kier molecular flexibility index (Phi) is 5.57. The van der Waals surface area contributed by atoms with Gasteiger partial charge in [0.2, 0.25) is 0 Å². The van der Waals surface area contributed by atoms with Crippen LogP contribution in [0.25, 0.3) is 6.08 Å². The Balaban J connectivity index is 2.03. The van der Waals surface area contributed by atoms with Crippen molar-refractivity contribution in [3.05, 3.63) is 34.7 Å². The number of carbonyl (C=O) groups excluding carboxylic acids is 2. The molecule has 1 aliphatic heterocycles. The van der Waals surface area contributed by atoms with Gasteiger partial charge in [0.1, 0.15) is 10.1 Å². The zero-order valence-corrected chi connectivity index (χ0v) is 13.6. The highest BCUT2D eigenvalue weighted by Crippen LogP contribution is 2.33. The zero-order chi connectivity index (χ0) is 16.1. The van der Waals surface area contributed by atoms with Gasteiger partial charge in [-0.15, -0.1) is 0 Å². The molecule has 1 aromatic carbocycles. The van der Waals surface area contributed by atoms with Gasteiger partial charge >= 0.3 is 5.97 Å². The predicted octanol–water partition coefficient (Wildman–Crippen LogP) is 2.55. The van der Waals surface area contributed by atoms with Crippen LogP contribution in [0.3, 0.4) is 0 Å². The number of hydrogen-bond donors (Lipinski definition) is 1. The predicted molar refractivity (Wildman–Crippen MR) is 89.2 cm³/mol. The molecule has 0 bridgehead atoms. The Bertz CT molecular complexity index is 642. The molecule has 1 aromatic rings. The fraction of sp³-hybridized carbons (Fsp3) is 0.267. The Morgan fingerprint density at radius 3 is 2.95 bits per heavy atom. The van der Waals surface area contributed by atoms with E-state index in [2.05, 4.69) is 4.74 Å². The van der Waals surface area contributed by atoms with Gasteiger partial charge in [0.15, 0.2) is 0 Å². The van der Waals surface area contributed by atoms with Crippen molar-refractivity contribution in [2.75, 3.05) is 13.7 Å². The average molecular weight is 337 g/mol. The van der Waals surface area contributed by atoms with Crippen molar-refractivity contribution in [3.8, 4) is 5.75 Å². The van der Waals surface area contributed by atoms with Gasteiger partial charge in [-0.1, -0.05) is 36.1 Å². The molecule has 22 heavy (non-hydrogen) atoms. The lowest BCUT2D eigenvalue weighted by Gasteiger charge is -2.13. The smallest absolute Gasteiger partial charge is 0.305 e. The van der Waals surface area contributed by atoms with Gasteiger partial charge in [0.05, 0.1) is 12.0 Å². The number of benzene rings is 1. The molecule has 1 fully saturated rings. The Hall–Kier alpha value is -1.86. The van der Waals surface area contributed by atoms with E-state index in [1.807, 2.05) is 0 Å². The largest absolute Gasteiger partial charge is 0.508 e. The first-order valence-corrected chi connectivity index (χ1v) is 7.85. The first-order valence-electron chi connectivity index (χ1n) is 6.62. The number of phenols is 1. The number of carbonyl (C=O) groups is 2. The molecule has 2 rings (SSSR count). The Morgan fingerprint density at radius 1 is 1.50 bits per heavy atom. The second-order valence-electron chi connectivity index (χ2n) is 4.61. The average Bonchev–Trinajstić information content (AvgIpc) is 2.74. The summed E-state index contributed by atoms with van der Waals surface area (Å²) in [5.74, 6) is -0.341. The highest BCUT2D eigenvalue weighted by atomic mass is 32.2. The minimum absolute atomic E-state index is 0.141. The second-order valence-corrected chi connectivity index (χ2v) is 6.28. The fourth-order valence-corrected chi connectivity index (χ4v) is 3.25. The molecule has 0 aromatic heterocycles. The Morgan fingerprint density at radius 2 is 2.27 bits per heavy atom. The van der Waals surface area contributed by atoms with Crippen molar-refractivity contribution >= 4 is 46.3 Å². The third-order valence-electron chi connectivity index (χ3n) is 3.03. The quantitative estimate of drug-likeness (QED) is 0.506. The van der Waals surface area contributed by atoms with Crippen molar-refractivity contribution in [3.63, 3.8) is 0 Å². The van der Waals surface area contributed by atoms with Crippen LogP contribution in [0.1, 0.15) is 18.4 Å². The van der Waals surface area contributed by atoms with Gasteiger partial charge in [-0.05, 0) is 30.2 Å². The van der Waals surface area contributed by atoms with Crippen LogP contribution in [0.4, 0.5) is 0 Å². The molecule has 1 saturated heterocycles. The molecule has 0 unspecified atom stereocenters. The molecule has 1 N–H and O–H groups in total. The number of thiocarbonyl (C=S) groups is 1. The molecule has 0 aliphatic carbocycles. The third kappa shape index (κ3) is 4.08. The molecule has 7 heteroatoms. The van der Waals surface area contributed by atoms with Gasteiger partial charge in [-0.2, -0.15) is 0 Å². The number of phenolic OH excluding ortho intramolecular Hbond substituents is 1. The van der Waals surface area contributed by atoms with Gasteiger partial charge in [-0.3, -0.25) is 14.5 Å². The van der Waals surface area contributed by atoms with E-state index in [0.717, 1.165) is 5.56 Å². The third-order valence-corrected chi connectivity index (χ3v) is 4.41. The molecule has 1 heterocycles. The molecule has 0 spiro atoms. The Labute approximate surface area is 137 Å². The van der Waals surface area contributed by atoms with Crippen molar-refractivity contribution in [1.82, 2.24) is 4.90 Å². The number of methoxy groups -OCH3 is 1. The summed E-state index contributed by atoms with van der Waals surface area (Å²) in [4.78, 5) is 25.4. The molecule has 0 atom stereocenters. The van der Waals surface area contributed by atoms with E-state index in [9.17, 15) is 14.7 Å². The topological polar surface area (TPSA) is 66.8 Å². The van der Waals surface area contributed by atoms with Crippen LogP contribution < -0.4 is 0 Å². The van der Waals surface area contributed by atoms with E-state index >= 15 is 0 Å². The van der Waals surface area contributed by atoms with E-state index in [-0.39, 0.29) is 24.0 Å². The van der Waals surface area contributed by atoms with Crippen LogP contribution in [0.5, 0.6) is 5.75 Å². The molecular formula is C15H15NO4S2. The number of amides is 1. The molecule has 0 radical (unpaired) electrons. The zero-order valence-electron chi connectivity index (χ0n) is 11.9. The molecule has 0 saturated carbocycles.